The van der Waals surface area contributed by atoms with Crippen LogP contribution in [0.2, 0.25) is 0 Å². The van der Waals surface area contributed by atoms with Gasteiger partial charge in [-0.15, -0.1) is 0 Å². The normalized spacial score (nSPS) is 13.7. The molecule has 7 nitrogen and oxygen atoms in total. The quantitative estimate of drug-likeness (QED) is 0.181. The van der Waals surface area contributed by atoms with Crippen molar-refractivity contribution in [3.8, 4) is 0 Å². The van der Waals surface area contributed by atoms with E-state index in [4.69, 9.17) is 0 Å². The number of hydrogen-bond donors (Lipinski definition) is 3. The first-order chi connectivity index (χ1) is 20.8. The highest BCUT2D eigenvalue weighted by Gasteiger charge is 2.24. The van der Waals surface area contributed by atoms with E-state index < -0.39 is 6.03 Å². The van der Waals surface area contributed by atoms with Crippen LogP contribution in [-0.4, -0.2) is 35.7 Å². The Balaban J connectivity index is 1.32. The summed E-state index contributed by atoms with van der Waals surface area (Å²) >= 11 is 0. The summed E-state index contributed by atoms with van der Waals surface area (Å²) in [5.41, 5.74) is 4.55. The van der Waals surface area contributed by atoms with Crippen molar-refractivity contribution in [3.05, 3.63) is 125 Å². The Morgan fingerprint density at radius 3 is 2.21 bits per heavy atom. The number of nitrogens with one attached hydrogen (secondary N) is 3. The summed E-state index contributed by atoms with van der Waals surface area (Å²) in [5, 5.41) is 8.69. The van der Waals surface area contributed by atoms with Crippen LogP contribution >= 0.6 is 0 Å². The van der Waals surface area contributed by atoms with Crippen molar-refractivity contribution in [1.29, 1.82) is 0 Å². The minimum atomic E-state index is -0.472. The average molecular weight is 579 g/mol. The number of rotatable bonds is 9. The molecule has 0 aromatic heterocycles. The third kappa shape index (κ3) is 8.14. The van der Waals surface area contributed by atoms with Crippen molar-refractivity contribution in [2.45, 2.75) is 32.7 Å². The maximum absolute atomic E-state index is 13.5. The van der Waals surface area contributed by atoms with Gasteiger partial charge in [0.25, 0.3) is 5.91 Å². The standard InChI is InChI=1S/C35H35FN4O3/c1-24(41)27-7-5-10-30(22-27)38-35(43)39-33-12-6-11-31(34(42)37-29-8-3-2-4-9-29)32(33)23-40-19-17-26(18-20-40)21-25-13-15-28(36)16-14-25/h2-16,22,26H,17-21,23H2,1H3,(H,37,42)(H2,38,39,43). The Bertz CT molecular complexity index is 1580. The van der Waals surface area contributed by atoms with Gasteiger partial charge in [-0.2, -0.15) is 0 Å². The van der Waals surface area contributed by atoms with E-state index in [0.29, 0.717) is 40.7 Å². The second-order valence-electron chi connectivity index (χ2n) is 10.9. The first kappa shape index (κ1) is 29.7. The van der Waals surface area contributed by atoms with Crippen molar-refractivity contribution in [2.24, 2.45) is 5.92 Å². The van der Waals surface area contributed by atoms with E-state index in [2.05, 4.69) is 20.9 Å². The van der Waals surface area contributed by atoms with Gasteiger partial charge in [-0.05, 0) is 99.3 Å². The van der Waals surface area contributed by atoms with E-state index >= 15 is 0 Å². The van der Waals surface area contributed by atoms with Gasteiger partial charge in [0.2, 0.25) is 0 Å². The molecule has 0 saturated carbocycles. The predicted octanol–water partition coefficient (Wildman–Crippen LogP) is 7.38. The number of hydrogen-bond acceptors (Lipinski definition) is 4. The summed E-state index contributed by atoms with van der Waals surface area (Å²) in [7, 11) is 0. The Kier molecular flexibility index (Phi) is 9.59. The van der Waals surface area contributed by atoms with Crippen molar-refractivity contribution in [3.63, 3.8) is 0 Å². The van der Waals surface area contributed by atoms with Crippen LogP contribution in [0.3, 0.4) is 0 Å². The fourth-order valence-corrected chi connectivity index (χ4v) is 5.43. The van der Waals surface area contributed by atoms with Crippen LogP contribution in [0.5, 0.6) is 0 Å². The topological polar surface area (TPSA) is 90.5 Å². The molecule has 3 N–H and O–H groups in total. The lowest BCUT2D eigenvalue weighted by atomic mass is 9.90. The average Bonchev–Trinajstić information content (AvgIpc) is 3.00. The van der Waals surface area contributed by atoms with E-state index in [1.165, 1.54) is 19.1 Å². The molecule has 0 radical (unpaired) electrons. The number of benzene rings is 4. The monoisotopic (exact) mass is 578 g/mol. The number of urea groups is 1. The highest BCUT2D eigenvalue weighted by molar-refractivity contribution is 6.08. The van der Waals surface area contributed by atoms with E-state index in [9.17, 15) is 18.8 Å². The number of Topliss-reactive ketones (excluding diaryl/α,β-unsaturated/α-hetero) is 1. The summed E-state index contributed by atoms with van der Waals surface area (Å²) in [4.78, 5) is 40.6. The van der Waals surface area contributed by atoms with Gasteiger partial charge in [0.05, 0.1) is 0 Å². The minimum Gasteiger partial charge on any atom is -0.322 e. The van der Waals surface area contributed by atoms with Gasteiger partial charge in [0.1, 0.15) is 5.82 Å². The number of piperidine rings is 1. The molecule has 0 unspecified atom stereocenters. The van der Waals surface area contributed by atoms with Crippen molar-refractivity contribution in [1.82, 2.24) is 4.90 Å². The van der Waals surface area contributed by atoms with Crippen LogP contribution in [-0.2, 0) is 13.0 Å². The fourth-order valence-electron chi connectivity index (χ4n) is 5.43. The molecule has 220 valence electrons. The largest absolute Gasteiger partial charge is 0.323 e. The van der Waals surface area contributed by atoms with Gasteiger partial charge in [0, 0.05) is 40.3 Å². The number of ketones is 1. The maximum atomic E-state index is 13.5. The Morgan fingerprint density at radius 2 is 1.49 bits per heavy atom. The number of anilines is 3. The molecule has 1 saturated heterocycles. The Morgan fingerprint density at radius 1 is 0.791 bits per heavy atom. The second-order valence-corrected chi connectivity index (χ2v) is 10.9. The smallest absolute Gasteiger partial charge is 0.322 e. The molecule has 5 rings (SSSR count). The second kappa shape index (κ2) is 13.9. The Hall–Kier alpha value is -4.82. The fraction of sp³-hybridized carbons (Fsp3) is 0.229. The van der Waals surface area contributed by atoms with Crippen molar-refractivity contribution in [2.75, 3.05) is 29.0 Å². The van der Waals surface area contributed by atoms with Crippen molar-refractivity contribution < 1.29 is 18.8 Å². The summed E-state index contributed by atoms with van der Waals surface area (Å²) in [5.74, 6) is -0.0841. The number of nitrogens with zero attached hydrogens (tertiary/aromatic N) is 1. The van der Waals surface area contributed by atoms with Gasteiger partial charge in [-0.3, -0.25) is 14.5 Å². The zero-order valence-corrected chi connectivity index (χ0v) is 24.1. The molecule has 4 aromatic rings. The van der Waals surface area contributed by atoms with E-state index in [-0.39, 0.29) is 17.5 Å². The van der Waals surface area contributed by atoms with Gasteiger partial charge in [-0.25, -0.2) is 9.18 Å². The molecule has 0 bridgehead atoms. The first-order valence-corrected chi connectivity index (χ1v) is 14.5. The van der Waals surface area contributed by atoms with E-state index in [0.717, 1.165) is 43.5 Å². The minimum absolute atomic E-state index is 0.0927. The number of para-hydroxylation sites is 1. The number of carbonyl (C=O) groups is 3. The van der Waals surface area contributed by atoms with E-state index in [1.54, 1.807) is 42.5 Å². The molecular weight excluding hydrogens is 543 g/mol. The number of halogens is 1. The van der Waals surface area contributed by atoms with Crippen molar-refractivity contribution >= 4 is 34.8 Å². The maximum Gasteiger partial charge on any atom is 0.323 e. The van der Waals surface area contributed by atoms with Crippen LogP contribution in [0, 0.1) is 11.7 Å². The molecule has 8 heteroatoms. The van der Waals surface area contributed by atoms with Crippen LogP contribution < -0.4 is 16.0 Å². The molecule has 1 aliphatic rings. The molecule has 0 spiro atoms. The van der Waals surface area contributed by atoms with Crippen LogP contribution in [0.4, 0.5) is 26.2 Å². The molecule has 0 atom stereocenters. The summed E-state index contributed by atoms with van der Waals surface area (Å²) in [6.45, 7) is 3.63. The molecule has 1 heterocycles. The highest BCUT2D eigenvalue weighted by Crippen LogP contribution is 2.28. The predicted molar refractivity (Wildman–Crippen MR) is 168 cm³/mol. The lowest BCUT2D eigenvalue weighted by molar-refractivity contribution is 0.101. The molecule has 3 amide bonds. The Labute approximate surface area is 251 Å². The highest BCUT2D eigenvalue weighted by atomic mass is 19.1. The van der Waals surface area contributed by atoms with Crippen LogP contribution in [0.1, 0.15) is 51.6 Å². The third-order valence-corrected chi connectivity index (χ3v) is 7.75. The summed E-state index contributed by atoms with van der Waals surface area (Å²) in [6.07, 6.45) is 2.86. The lowest BCUT2D eigenvalue weighted by Gasteiger charge is -2.33. The lowest BCUT2D eigenvalue weighted by Crippen LogP contribution is -2.35. The third-order valence-electron chi connectivity index (χ3n) is 7.75. The van der Waals surface area contributed by atoms with Gasteiger partial charge >= 0.3 is 6.03 Å². The summed E-state index contributed by atoms with van der Waals surface area (Å²) < 4.78 is 13.3. The van der Waals surface area contributed by atoms with Crippen LogP contribution in [0.15, 0.2) is 97.1 Å². The molecule has 0 aliphatic carbocycles. The first-order valence-electron chi connectivity index (χ1n) is 14.5. The van der Waals surface area contributed by atoms with E-state index in [1.807, 2.05) is 42.5 Å². The van der Waals surface area contributed by atoms with Gasteiger partial charge in [0.15, 0.2) is 5.78 Å². The summed E-state index contributed by atoms with van der Waals surface area (Å²) in [6, 6.07) is 27.6. The molecule has 4 aromatic carbocycles. The molecule has 1 fully saturated rings. The van der Waals surface area contributed by atoms with Crippen LogP contribution in [0.25, 0.3) is 0 Å². The number of amides is 3. The zero-order chi connectivity index (χ0) is 30.2. The SMILES string of the molecule is CC(=O)c1cccc(NC(=O)Nc2cccc(C(=O)Nc3ccccc3)c2CN2CCC(Cc3ccc(F)cc3)CC2)c1. The molecule has 1 aliphatic heterocycles. The number of likely N-dealkylation sites (tertiary alicyclic amines) is 1. The van der Waals surface area contributed by atoms with Gasteiger partial charge < -0.3 is 16.0 Å². The van der Waals surface area contributed by atoms with Gasteiger partial charge in [-0.1, -0.05) is 48.5 Å². The molecule has 43 heavy (non-hydrogen) atoms. The zero-order valence-electron chi connectivity index (χ0n) is 24.1. The molecular formula is C35H35FN4O3. The number of carbonyl (C=O) groups excluding carboxylic acids is 3.